The van der Waals surface area contributed by atoms with Gasteiger partial charge in [0.05, 0.1) is 16.4 Å². The minimum Gasteiger partial charge on any atom is -0.406 e. The van der Waals surface area contributed by atoms with Crippen LogP contribution in [0.15, 0.2) is 60.8 Å². The summed E-state index contributed by atoms with van der Waals surface area (Å²) >= 11 is 6.10. The van der Waals surface area contributed by atoms with Gasteiger partial charge in [-0.1, -0.05) is 17.7 Å². The average molecular weight is 575 g/mol. The maximum Gasteiger partial charge on any atom is 0.573 e. The Morgan fingerprint density at radius 2 is 1.85 bits per heavy atom. The number of alkyl halides is 3. The molecule has 0 unspecified atom stereocenters. The third-order valence-corrected chi connectivity index (χ3v) is 7.27. The molecule has 1 fully saturated rings. The Hall–Kier alpha value is -3.79. The van der Waals surface area contributed by atoms with Crippen molar-refractivity contribution in [1.82, 2.24) is 9.38 Å². The van der Waals surface area contributed by atoms with Gasteiger partial charge in [0.15, 0.2) is 5.78 Å². The molecule has 2 aromatic carbocycles. The summed E-state index contributed by atoms with van der Waals surface area (Å²) in [5.41, 5.74) is 3.69. The van der Waals surface area contributed by atoms with Crippen molar-refractivity contribution in [3.8, 4) is 5.75 Å². The lowest BCUT2D eigenvalue weighted by Crippen LogP contribution is -2.52. The molecule has 2 aromatic heterocycles. The second-order valence-electron chi connectivity index (χ2n) is 9.86. The average Bonchev–Trinajstić information content (AvgIpc) is 3.22. The number of nitrogens with zero attached hydrogens (tertiary/aromatic N) is 4. The molecule has 210 valence electrons. The van der Waals surface area contributed by atoms with Gasteiger partial charge in [-0.15, -0.1) is 13.2 Å². The third-order valence-electron chi connectivity index (χ3n) is 7.04. The molecule has 6 nitrogen and oxygen atoms in total. The number of carbonyl (C=O) groups excluding carboxylic acids is 1. The number of piperazine rings is 1. The number of anilines is 2. The molecule has 5 rings (SSSR count). The van der Waals surface area contributed by atoms with E-state index in [-0.39, 0.29) is 29.8 Å². The number of benzene rings is 2. The summed E-state index contributed by atoms with van der Waals surface area (Å²) in [5, 5.41) is 0.500. The van der Waals surface area contributed by atoms with E-state index in [9.17, 15) is 18.0 Å². The molecule has 1 atom stereocenters. The Labute approximate surface area is 233 Å². The van der Waals surface area contributed by atoms with Crippen molar-refractivity contribution in [3.63, 3.8) is 0 Å². The molecule has 1 aliphatic rings. The van der Waals surface area contributed by atoms with E-state index < -0.39 is 6.36 Å². The van der Waals surface area contributed by atoms with Gasteiger partial charge in [0.2, 0.25) is 0 Å². The first-order chi connectivity index (χ1) is 19.0. The molecular formula is C29H27ClF4N4O2. The highest BCUT2D eigenvalue weighted by molar-refractivity contribution is 6.30. The molecule has 40 heavy (non-hydrogen) atoms. The zero-order valence-corrected chi connectivity index (χ0v) is 22.6. The highest BCUT2D eigenvalue weighted by atomic mass is 35.5. The van der Waals surface area contributed by atoms with Crippen LogP contribution in [0.4, 0.5) is 28.9 Å². The number of hydrogen-bond acceptors (Lipinski definition) is 5. The summed E-state index contributed by atoms with van der Waals surface area (Å²) in [6, 6.07) is 14.3. The summed E-state index contributed by atoms with van der Waals surface area (Å²) in [7, 11) is 0. The van der Waals surface area contributed by atoms with Crippen LogP contribution in [0.2, 0.25) is 5.02 Å². The van der Waals surface area contributed by atoms with Crippen LogP contribution >= 0.6 is 11.6 Å². The molecule has 0 amide bonds. The molecule has 0 radical (unpaired) electrons. The first-order valence-electron chi connectivity index (χ1n) is 12.8. The van der Waals surface area contributed by atoms with E-state index in [0.717, 1.165) is 5.69 Å². The maximum atomic E-state index is 15.2. The van der Waals surface area contributed by atoms with Gasteiger partial charge >= 0.3 is 6.36 Å². The minimum atomic E-state index is -4.74. The van der Waals surface area contributed by atoms with Crippen LogP contribution in [0.1, 0.15) is 35.1 Å². The van der Waals surface area contributed by atoms with Gasteiger partial charge in [-0.3, -0.25) is 9.20 Å². The molecule has 1 aliphatic heterocycles. The highest BCUT2D eigenvalue weighted by Gasteiger charge is 2.31. The van der Waals surface area contributed by atoms with Crippen molar-refractivity contribution in [1.29, 1.82) is 0 Å². The minimum absolute atomic E-state index is 0.0120. The van der Waals surface area contributed by atoms with Crippen LogP contribution in [0, 0.1) is 12.7 Å². The van der Waals surface area contributed by atoms with E-state index in [4.69, 9.17) is 11.6 Å². The molecule has 11 heteroatoms. The molecule has 3 heterocycles. The number of fused-ring (bicyclic) bond motifs is 1. The van der Waals surface area contributed by atoms with Crippen molar-refractivity contribution in [2.45, 2.75) is 39.1 Å². The van der Waals surface area contributed by atoms with Crippen LogP contribution in [0.3, 0.4) is 0 Å². The molecule has 0 bridgehead atoms. The van der Waals surface area contributed by atoms with Crippen LogP contribution in [0.5, 0.6) is 5.75 Å². The second-order valence-corrected chi connectivity index (χ2v) is 10.3. The van der Waals surface area contributed by atoms with Gasteiger partial charge in [0.25, 0.3) is 0 Å². The SMILES string of the molecule is Cc1nc2ccc(Cl)cn2c1C(=O)CCc1ccc(N2CCN(c3ccc(OC(F)(F)F)cc3)[C@H](C)C2)c(F)c1. The fraction of sp³-hybridized carbons (Fsp3) is 0.310. The largest absolute Gasteiger partial charge is 0.573 e. The van der Waals surface area contributed by atoms with Gasteiger partial charge in [-0.25, -0.2) is 9.37 Å². The number of aryl methyl sites for hydroxylation is 2. The zero-order chi connectivity index (χ0) is 28.6. The molecule has 1 saturated heterocycles. The summed E-state index contributed by atoms with van der Waals surface area (Å²) < 4.78 is 58.2. The number of imidazole rings is 1. The lowest BCUT2D eigenvalue weighted by molar-refractivity contribution is -0.274. The number of halogens is 5. The normalized spacial score (nSPS) is 16.0. The van der Waals surface area contributed by atoms with Crippen LogP contribution in [-0.4, -0.2) is 47.2 Å². The predicted molar refractivity (Wildman–Crippen MR) is 146 cm³/mol. The Balaban J connectivity index is 1.21. The highest BCUT2D eigenvalue weighted by Crippen LogP contribution is 2.30. The second kappa shape index (κ2) is 11.0. The first kappa shape index (κ1) is 27.8. The Bertz CT molecular complexity index is 1540. The number of pyridine rings is 1. The standard InChI is InChI=1S/C29H27ClF4N4O2/c1-18-16-36(13-14-37(18)22-6-8-23(9-7-22)40-29(32,33)34)25-10-3-20(15-24(25)31)4-11-26(39)28-19(2)35-27-12-5-21(30)17-38(27)28/h3,5-10,12,15,17-18H,4,11,13-14,16H2,1-2H3/t18-/m1/s1. The van der Waals surface area contributed by atoms with Crippen LogP contribution in [-0.2, 0) is 6.42 Å². The first-order valence-corrected chi connectivity index (χ1v) is 13.2. The summed E-state index contributed by atoms with van der Waals surface area (Å²) in [6.07, 6.45) is -2.50. The number of ether oxygens (including phenoxy) is 1. The van der Waals surface area contributed by atoms with Gasteiger partial charge in [0.1, 0.15) is 22.9 Å². The molecule has 0 N–H and O–H groups in total. The number of rotatable bonds is 7. The molecule has 0 spiro atoms. The predicted octanol–water partition coefficient (Wildman–Crippen LogP) is 6.86. The van der Waals surface area contributed by atoms with Crippen molar-refractivity contribution in [2.24, 2.45) is 0 Å². The maximum absolute atomic E-state index is 15.2. The summed E-state index contributed by atoms with van der Waals surface area (Å²) in [6.45, 7) is 5.40. The molecular weight excluding hydrogens is 548 g/mol. The molecule has 0 saturated carbocycles. The Kier molecular flexibility index (Phi) is 7.63. The number of ketones is 1. The zero-order valence-electron chi connectivity index (χ0n) is 21.9. The summed E-state index contributed by atoms with van der Waals surface area (Å²) in [5.74, 6) is -0.735. The van der Waals surface area contributed by atoms with Gasteiger partial charge in [-0.2, -0.15) is 0 Å². The monoisotopic (exact) mass is 574 g/mol. The third kappa shape index (κ3) is 6.01. The summed E-state index contributed by atoms with van der Waals surface area (Å²) in [4.78, 5) is 21.5. The lowest BCUT2D eigenvalue weighted by Gasteiger charge is -2.42. The number of carbonyl (C=O) groups is 1. The Morgan fingerprint density at radius 1 is 1.10 bits per heavy atom. The number of Topliss-reactive ketones (excluding diaryl/α,β-unsaturated/α-hetero) is 1. The van der Waals surface area contributed by atoms with E-state index in [0.29, 0.717) is 59.4 Å². The topological polar surface area (TPSA) is 50.1 Å². The van der Waals surface area contributed by atoms with Gasteiger partial charge in [-0.05, 0) is 74.4 Å². The smallest absolute Gasteiger partial charge is 0.406 e. The van der Waals surface area contributed by atoms with Crippen molar-refractivity contribution < 1.29 is 27.1 Å². The van der Waals surface area contributed by atoms with E-state index >= 15 is 4.39 Å². The van der Waals surface area contributed by atoms with E-state index in [2.05, 4.69) is 14.6 Å². The molecule has 4 aromatic rings. The van der Waals surface area contributed by atoms with Crippen molar-refractivity contribution in [3.05, 3.63) is 88.6 Å². The fourth-order valence-corrected chi connectivity index (χ4v) is 5.37. The van der Waals surface area contributed by atoms with Crippen molar-refractivity contribution in [2.75, 3.05) is 29.4 Å². The van der Waals surface area contributed by atoms with E-state index in [1.807, 2.05) is 17.9 Å². The van der Waals surface area contributed by atoms with Gasteiger partial charge < -0.3 is 14.5 Å². The number of aromatic nitrogens is 2. The van der Waals surface area contributed by atoms with E-state index in [1.165, 1.54) is 18.2 Å². The number of hydrogen-bond donors (Lipinski definition) is 0. The quantitative estimate of drug-likeness (QED) is 0.178. The lowest BCUT2D eigenvalue weighted by atomic mass is 10.0. The van der Waals surface area contributed by atoms with Crippen LogP contribution < -0.4 is 14.5 Å². The van der Waals surface area contributed by atoms with Crippen molar-refractivity contribution >= 4 is 34.4 Å². The fourth-order valence-electron chi connectivity index (χ4n) is 5.21. The molecule has 0 aliphatic carbocycles. The Morgan fingerprint density at radius 3 is 2.52 bits per heavy atom. The van der Waals surface area contributed by atoms with Gasteiger partial charge in [0, 0.05) is 44.0 Å². The van der Waals surface area contributed by atoms with Crippen LogP contribution in [0.25, 0.3) is 5.65 Å². The van der Waals surface area contributed by atoms with E-state index in [1.54, 1.807) is 47.9 Å².